The lowest BCUT2D eigenvalue weighted by molar-refractivity contribution is -0.0734. The van der Waals surface area contributed by atoms with Crippen molar-refractivity contribution >= 4 is 0 Å². The van der Waals surface area contributed by atoms with E-state index in [1.807, 2.05) is 43.2 Å². The van der Waals surface area contributed by atoms with Crippen molar-refractivity contribution in [2.24, 2.45) is 0 Å². The third kappa shape index (κ3) is 3.20. The number of nitrogens with zero attached hydrogens (tertiary/aromatic N) is 1. The minimum Gasteiger partial charge on any atom is -0.364 e. The van der Waals surface area contributed by atoms with Gasteiger partial charge in [0.15, 0.2) is 6.23 Å². The van der Waals surface area contributed by atoms with Crippen molar-refractivity contribution in [1.29, 1.82) is 0 Å². The summed E-state index contributed by atoms with van der Waals surface area (Å²) in [4.78, 5) is 2.00. The molecule has 0 bridgehead atoms. The maximum Gasteiger partial charge on any atom is 0.151 e. The predicted octanol–water partition coefficient (Wildman–Crippen LogP) is 1.73. The molecule has 3 nitrogen and oxygen atoms in total. The quantitative estimate of drug-likeness (QED) is 0.662. The molecular formula is C10H17NO2. The SMILES string of the molecule is COCN1C=CC=CC1OC(C)C. The molecule has 1 atom stereocenters. The van der Waals surface area contributed by atoms with Crippen molar-refractivity contribution in [3.05, 3.63) is 24.4 Å². The fraction of sp³-hybridized carbons (Fsp3) is 0.600. The number of methoxy groups -OCH3 is 1. The normalized spacial score (nSPS) is 21.5. The van der Waals surface area contributed by atoms with Gasteiger partial charge in [0.2, 0.25) is 0 Å². The highest BCUT2D eigenvalue weighted by Crippen LogP contribution is 2.11. The Morgan fingerprint density at radius 2 is 2.15 bits per heavy atom. The maximum atomic E-state index is 5.66. The third-order valence-electron chi connectivity index (χ3n) is 1.68. The van der Waals surface area contributed by atoms with Crippen molar-refractivity contribution in [3.63, 3.8) is 0 Å². The van der Waals surface area contributed by atoms with E-state index in [1.165, 1.54) is 0 Å². The van der Waals surface area contributed by atoms with Gasteiger partial charge >= 0.3 is 0 Å². The molecule has 0 spiro atoms. The first-order valence-electron chi connectivity index (χ1n) is 4.49. The van der Waals surface area contributed by atoms with Crippen LogP contribution in [0.25, 0.3) is 0 Å². The molecule has 74 valence electrons. The van der Waals surface area contributed by atoms with Crippen LogP contribution in [0.1, 0.15) is 13.8 Å². The first kappa shape index (κ1) is 10.3. The van der Waals surface area contributed by atoms with Crippen molar-refractivity contribution in [2.45, 2.75) is 26.2 Å². The Labute approximate surface area is 79.6 Å². The summed E-state index contributed by atoms with van der Waals surface area (Å²) < 4.78 is 10.7. The predicted molar refractivity (Wildman–Crippen MR) is 52.0 cm³/mol. The van der Waals surface area contributed by atoms with Gasteiger partial charge in [-0.15, -0.1) is 0 Å². The molecule has 1 rings (SSSR count). The van der Waals surface area contributed by atoms with E-state index < -0.39 is 0 Å². The van der Waals surface area contributed by atoms with Crippen molar-refractivity contribution < 1.29 is 9.47 Å². The maximum absolute atomic E-state index is 5.66. The molecule has 1 aliphatic heterocycles. The van der Waals surface area contributed by atoms with Gasteiger partial charge in [-0.2, -0.15) is 0 Å². The Kier molecular flexibility index (Phi) is 3.99. The average molecular weight is 183 g/mol. The van der Waals surface area contributed by atoms with E-state index in [1.54, 1.807) is 7.11 Å². The Morgan fingerprint density at radius 3 is 2.77 bits per heavy atom. The second-order valence-corrected chi connectivity index (χ2v) is 3.23. The number of hydrogen-bond donors (Lipinski definition) is 0. The average Bonchev–Trinajstić information content (AvgIpc) is 2.08. The zero-order chi connectivity index (χ0) is 9.68. The standard InChI is InChI=1S/C10H17NO2/c1-9(2)13-10-6-4-5-7-11(10)8-12-3/h4-7,9-10H,8H2,1-3H3. The molecule has 3 heteroatoms. The molecular weight excluding hydrogens is 166 g/mol. The second kappa shape index (κ2) is 5.04. The lowest BCUT2D eigenvalue weighted by atomic mass is 10.3. The van der Waals surface area contributed by atoms with Crippen LogP contribution in [-0.2, 0) is 9.47 Å². The van der Waals surface area contributed by atoms with E-state index in [0.29, 0.717) is 6.73 Å². The summed E-state index contributed by atoms with van der Waals surface area (Å²) in [5.41, 5.74) is 0. The summed E-state index contributed by atoms with van der Waals surface area (Å²) in [5.74, 6) is 0. The minimum absolute atomic E-state index is 0.00458. The van der Waals surface area contributed by atoms with Crippen molar-refractivity contribution in [3.8, 4) is 0 Å². The topological polar surface area (TPSA) is 21.7 Å². The van der Waals surface area contributed by atoms with Crippen LogP contribution in [0.15, 0.2) is 24.4 Å². The largest absolute Gasteiger partial charge is 0.364 e. The van der Waals surface area contributed by atoms with Gasteiger partial charge in [0.1, 0.15) is 6.73 Å². The van der Waals surface area contributed by atoms with Gasteiger partial charge in [0.05, 0.1) is 6.10 Å². The second-order valence-electron chi connectivity index (χ2n) is 3.23. The van der Waals surface area contributed by atoms with E-state index in [-0.39, 0.29) is 12.3 Å². The van der Waals surface area contributed by atoms with E-state index in [2.05, 4.69) is 0 Å². The molecule has 0 amide bonds. The van der Waals surface area contributed by atoms with E-state index in [9.17, 15) is 0 Å². The van der Waals surface area contributed by atoms with Crippen LogP contribution >= 0.6 is 0 Å². The van der Waals surface area contributed by atoms with Gasteiger partial charge in [-0.25, -0.2) is 0 Å². The smallest absolute Gasteiger partial charge is 0.151 e. The van der Waals surface area contributed by atoms with Crippen LogP contribution in [0.2, 0.25) is 0 Å². The molecule has 0 aromatic carbocycles. The summed E-state index contributed by atoms with van der Waals surface area (Å²) in [5, 5.41) is 0. The molecule has 13 heavy (non-hydrogen) atoms. The van der Waals surface area contributed by atoms with E-state index >= 15 is 0 Å². The Hall–Kier alpha value is -0.800. The molecule has 0 aliphatic carbocycles. The lowest BCUT2D eigenvalue weighted by Crippen LogP contribution is -2.36. The van der Waals surface area contributed by atoms with Gasteiger partial charge in [0.25, 0.3) is 0 Å². The molecule has 1 unspecified atom stereocenters. The highest BCUT2D eigenvalue weighted by atomic mass is 16.5. The molecule has 0 saturated carbocycles. The molecule has 1 heterocycles. The Balaban J connectivity index is 2.49. The van der Waals surface area contributed by atoms with Crippen LogP contribution in [0.4, 0.5) is 0 Å². The molecule has 0 fully saturated rings. The van der Waals surface area contributed by atoms with Gasteiger partial charge in [-0.05, 0) is 26.0 Å². The molecule has 0 saturated heterocycles. The van der Waals surface area contributed by atoms with Crippen LogP contribution in [-0.4, -0.2) is 31.1 Å². The van der Waals surface area contributed by atoms with Crippen LogP contribution in [0.5, 0.6) is 0 Å². The molecule has 0 radical (unpaired) electrons. The Morgan fingerprint density at radius 1 is 1.38 bits per heavy atom. The molecule has 0 aromatic heterocycles. The molecule has 0 aromatic rings. The van der Waals surface area contributed by atoms with Crippen LogP contribution in [0, 0.1) is 0 Å². The summed E-state index contributed by atoms with van der Waals surface area (Å²) in [6, 6.07) is 0. The highest BCUT2D eigenvalue weighted by Gasteiger charge is 2.15. The summed E-state index contributed by atoms with van der Waals surface area (Å²) >= 11 is 0. The van der Waals surface area contributed by atoms with Gasteiger partial charge in [0, 0.05) is 13.3 Å². The van der Waals surface area contributed by atoms with Crippen LogP contribution < -0.4 is 0 Å². The molecule has 0 N–H and O–H groups in total. The number of allylic oxidation sites excluding steroid dienone is 2. The van der Waals surface area contributed by atoms with Crippen LogP contribution in [0.3, 0.4) is 0 Å². The first-order valence-corrected chi connectivity index (χ1v) is 4.49. The summed E-state index contributed by atoms with van der Waals surface area (Å²) in [7, 11) is 1.68. The number of rotatable bonds is 4. The summed E-state index contributed by atoms with van der Waals surface area (Å²) in [6.45, 7) is 4.60. The highest BCUT2D eigenvalue weighted by molar-refractivity contribution is 5.10. The Bertz CT molecular complexity index is 199. The zero-order valence-electron chi connectivity index (χ0n) is 8.43. The van der Waals surface area contributed by atoms with E-state index in [4.69, 9.17) is 9.47 Å². The van der Waals surface area contributed by atoms with Gasteiger partial charge in [-0.1, -0.05) is 6.08 Å². The number of ether oxygens (including phenoxy) is 2. The van der Waals surface area contributed by atoms with Gasteiger partial charge < -0.3 is 14.4 Å². The van der Waals surface area contributed by atoms with E-state index in [0.717, 1.165) is 0 Å². The van der Waals surface area contributed by atoms with Crippen molar-refractivity contribution in [2.75, 3.05) is 13.8 Å². The summed E-state index contributed by atoms with van der Waals surface area (Å²) in [6.07, 6.45) is 8.17. The fourth-order valence-corrected chi connectivity index (χ4v) is 1.18. The minimum atomic E-state index is 0.00458. The fourth-order valence-electron chi connectivity index (χ4n) is 1.18. The van der Waals surface area contributed by atoms with Crippen molar-refractivity contribution in [1.82, 2.24) is 4.90 Å². The zero-order valence-corrected chi connectivity index (χ0v) is 8.43. The molecule has 1 aliphatic rings. The van der Waals surface area contributed by atoms with Gasteiger partial charge in [-0.3, -0.25) is 0 Å². The monoisotopic (exact) mass is 183 g/mol. The first-order chi connectivity index (χ1) is 6.24. The lowest BCUT2D eigenvalue weighted by Gasteiger charge is -2.30. The number of hydrogen-bond acceptors (Lipinski definition) is 3. The third-order valence-corrected chi connectivity index (χ3v) is 1.68.